The molecule has 0 unspecified atom stereocenters. The molecule has 5 radical (unpaired) electrons. The zero-order valence-corrected chi connectivity index (χ0v) is 95.5. The van der Waals surface area contributed by atoms with Crippen LogP contribution < -0.4 is 0 Å². The molecule has 16 nitrogen and oxygen atoms in total. The minimum absolute atomic E-state index is 0. The second-order valence-electron chi connectivity index (χ2n) is 36.8. The molecule has 16 rings (SSSR count). The molecule has 0 N–H and O–H groups in total. The fourth-order valence-electron chi connectivity index (χ4n) is 16.9. The molecule has 0 saturated carbocycles. The van der Waals surface area contributed by atoms with Crippen molar-refractivity contribution in [2.24, 2.45) is 0 Å². The van der Waals surface area contributed by atoms with Gasteiger partial charge >= 0.3 is 0 Å². The third-order valence-electron chi connectivity index (χ3n) is 23.8. The van der Waals surface area contributed by atoms with Gasteiger partial charge in [-0.15, -0.1) is 114 Å². The summed E-state index contributed by atoms with van der Waals surface area (Å²) in [7, 11) is 0. The van der Waals surface area contributed by atoms with E-state index in [2.05, 4.69) is 294 Å². The summed E-state index contributed by atoms with van der Waals surface area (Å²) in [5.41, 5.74) is 21.5. The topological polar surface area (TPSA) is 212 Å². The summed E-state index contributed by atoms with van der Waals surface area (Å²) in [6, 6.07) is 88.1. The summed E-state index contributed by atoms with van der Waals surface area (Å²) in [4.78, 5) is 25.4. The fraction of sp³-hybridized carbons (Fsp3) is 0.263. The predicted molar refractivity (Wildman–Crippen MR) is 540 cm³/mol. The molecule has 0 amide bonds. The number of benzene rings is 11. The first-order valence-corrected chi connectivity index (χ1v) is 46.4. The normalized spacial score (nSPS) is 10.7. The molecule has 0 saturated heterocycles. The van der Waals surface area contributed by atoms with Crippen molar-refractivity contribution in [1.82, 2.24) is 47.8 Å². The van der Waals surface area contributed by atoms with Crippen LogP contribution in [0.15, 0.2) is 231 Å². The van der Waals surface area contributed by atoms with Crippen molar-refractivity contribution >= 4 is 5.69 Å². The SMILES string of the molecule is CC(C)c1cccc(C(C)C)c1-n1cc(C#N)nc1-c1[c-]ccc(-c2ccccc2)c1F.CC(C)c1cccc(C(C)C)c1-n1cc(C#N)nc1-c1[c-]cccc1.CC(C)c1cccc(C(C)C)c1-n1cc(C#N)nc1-c1[c-]cccc1F.Cc1c[c-]c(-c2nc(C#N)cn2-c2c(C(C)C)cccc2C(C)C)c(F)c1.[C-]#[N+]c1cc[c-]c(-c2nc(C#N)cn2-c2c(C(C)C)cccc2C(C)C)c1F.[Ir].[Ir].[Ir].[Ir].[Ir]. The minimum Gasteiger partial charge on any atom is -0.338 e. The Hall–Kier alpha value is -12.6. The molecule has 0 fully saturated rings. The fourth-order valence-corrected chi connectivity index (χ4v) is 16.9. The van der Waals surface area contributed by atoms with Gasteiger partial charge in [0, 0.05) is 183 Å². The zero-order valence-electron chi connectivity index (χ0n) is 83.5. The Morgan fingerprint density at radius 3 is 0.867 bits per heavy atom. The average molecular weight is 2790 g/mol. The van der Waals surface area contributed by atoms with Crippen LogP contribution in [0.25, 0.3) is 101 Å². The van der Waals surface area contributed by atoms with Gasteiger partial charge in [-0.2, -0.15) is 32.4 Å². The van der Waals surface area contributed by atoms with Crippen molar-refractivity contribution in [3.05, 3.63) is 386 Å². The zero-order chi connectivity index (χ0) is 99.8. The van der Waals surface area contributed by atoms with E-state index in [9.17, 15) is 39.5 Å². The quantitative estimate of drug-likeness (QED) is 0.0490. The van der Waals surface area contributed by atoms with Crippen LogP contribution in [0.5, 0.6) is 0 Å². The first kappa shape index (κ1) is 117. The van der Waals surface area contributed by atoms with Gasteiger partial charge < -0.3 is 22.8 Å². The minimum atomic E-state index is -0.679. The van der Waals surface area contributed by atoms with Crippen LogP contribution in [0.3, 0.4) is 0 Å². The molecule has 0 aliphatic heterocycles. The second-order valence-corrected chi connectivity index (χ2v) is 36.8. The van der Waals surface area contributed by atoms with E-state index in [-0.39, 0.29) is 210 Å². The van der Waals surface area contributed by atoms with E-state index >= 15 is 4.39 Å². The molecule has 5 aromatic heterocycles. The van der Waals surface area contributed by atoms with Crippen molar-refractivity contribution in [2.75, 3.05) is 0 Å². The Bertz CT molecular complexity index is 7230. The van der Waals surface area contributed by atoms with E-state index in [0.29, 0.717) is 40.6 Å². The van der Waals surface area contributed by atoms with Gasteiger partial charge in [-0.3, -0.25) is 47.3 Å². The van der Waals surface area contributed by atoms with Crippen LogP contribution >= 0.6 is 0 Å². The molecule has 0 aliphatic rings. The molecule has 25 heteroatoms. The number of aryl methyl sites for hydroxylation is 1. The van der Waals surface area contributed by atoms with Crippen LogP contribution in [-0.2, 0) is 101 Å². The van der Waals surface area contributed by atoms with E-state index in [1.165, 1.54) is 35.4 Å². The van der Waals surface area contributed by atoms with Gasteiger partial charge in [0.1, 0.15) is 64.5 Å². The van der Waals surface area contributed by atoms with Crippen molar-refractivity contribution < 1.29 is 118 Å². The van der Waals surface area contributed by atoms with Gasteiger partial charge in [-0.25, -0.2) is 0 Å². The second kappa shape index (κ2) is 53.1. The molecule has 0 spiro atoms. The van der Waals surface area contributed by atoms with E-state index in [1.807, 2.05) is 112 Å². The number of aromatic nitrogens is 10. The van der Waals surface area contributed by atoms with Gasteiger partial charge in [-0.1, -0.05) is 295 Å². The molecule has 143 heavy (non-hydrogen) atoms. The molecule has 5 heterocycles. The van der Waals surface area contributed by atoms with Crippen LogP contribution in [0.4, 0.5) is 23.2 Å². The van der Waals surface area contributed by atoms with E-state index in [1.54, 1.807) is 59.7 Å². The van der Waals surface area contributed by atoms with E-state index in [4.69, 9.17) is 6.57 Å². The van der Waals surface area contributed by atoms with E-state index in [0.717, 1.165) is 95.5 Å². The molecule has 11 aromatic carbocycles. The Balaban J connectivity index is 0.000000241. The standard InChI is InChI=1S/C28H25FN3.C23H20FN4.C23H23FN3.C22H21FN3.C22H22N3.5Ir/c1-18(2)22-12-8-13-23(19(3)4)27(22)32-17-21(16-30)31-28(32)25-15-9-14-24(26(25)29)20-10-6-5-7-11-20;1-14(2)17-8-6-9-18(15(3)4)22(17)28-13-16(12-25)27-23(28)19-10-7-11-20(26-5)21(19)24;1-14(2)18-7-6-8-19(15(3)4)22(18)27-13-17(12-25)26-23(27)20-10-9-16(5)11-21(20)24;1-14(2)17-9-7-10-18(15(3)4)21(17)26-13-16(12-24)25-22(26)19-8-5-6-11-20(19)23;1-15(2)19-11-8-12-20(16(3)4)21(19)25-14-18(13-23)24-22(25)17-9-6-5-7-10-17;;;;;/h5-14,17-19H,1-4H3;6-9,11,13-15H,1-4H3;6-9,11,13-15H,1-5H3;5-7,9-11,13-15H,1-4H3;5-9,11-12,14-16H,1-4H3;;;;;/q5*-1;;;;;. The first-order chi connectivity index (χ1) is 66.1. The summed E-state index contributed by atoms with van der Waals surface area (Å²) >= 11 is 0. The Kier molecular flexibility index (Phi) is 43.6. The number of hydrogen-bond acceptors (Lipinski definition) is 10. The maximum atomic E-state index is 15.8. The number of nitriles is 5. The first-order valence-electron chi connectivity index (χ1n) is 46.4. The van der Waals surface area contributed by atoms with Crippen molar-refractivity contribution in [2.45, 2.75) is 205 Å². The molecular formula is C118H111F4Ir5N16-5. The molecule has 0 bridgehead atoms. The van der Waals surface area contributed by atoms with Gasteiger partial charge in [0.15, 0.2) is 0 Å². The van der Waals surface area contributed by atoms with Crippen molar-refractivity contribution in [3.8, 4) is 127 Å². The summed E-state index contributed by atoms with van der Waals surface area (Å²) in [6.07, 6.45) is 8.53. The molecular weight excluding hydrogens is 2680 g/mol. The Morgan fingerprint density at radius 2 is 0.573 bits per heavy atom. The maximum absolute atomic E-state index is 15.8. The average Bonchev–Trinajstić information content (AvgIpc) is 1.66. The molecule has 0 atom stereocenters. The monoisotopic (exact) mass is 2790 g/mol. The molecule has 16 aromatic rings. The van der Waals surface area contributed by atoms with Gasteiger partial charge in [0.05, 0.1) is 35.7 Å². The third-order valence-corrected chi connectivity index (χ3v) is 23.8. The summed E-state index contributed by atoms with van der Waals surface area (Å²) in [6.45, 7) is 51.7. The number of para-hydroxylation sites is 5. The maximum Gasteiger partial charge on any atom is 0.148 e. The van der Waals surface area contributed by atoms with Crippen LogP contribution in [-0.4, -0.2) is 47.8 Å². The Morgan fingerprint density at radius 1 is 0.294 bits per heavy atom. The third kappa shape index (κ3) is 26.5. The van der Waals surface area contributed by atoms with Crippen molar-refractivity contribution in [3.63, 3.8) is 0 Å². The molecule has 0 aliphatic carbocycles. The predicted octanol–water partition coefficient (Wildman–Crippen LogP) is 30.4. The van der Waals surface area contributed by atoms with Crippen LogP contribution in [0.1, 0.15) is 287 Å². The summed E-state index contributed by atoms with van der Waals surface area (Å²) in [5.74, 6) is 3.09. The van der Waals surface area contributed by atoms with Crippen molar-refractivity contribution in [1.29, 1.82) is 26.3 Å². The number of halogens is 4. The smallest absolute Gasteiger partial charge is 0.148 e. The summed E-state index contributed by atoms with van der Waals surface area (Å²) in [5, 5.41) is 47.2. The number of rotatable bonds is 21. The summed E-state index contributed by atoms with van der Waals surface area (Å²) < 4.78 is 69.2. The van der Waals surface area contributed by atoms with Gasteiger partial charge in [0.2, 0.25) is 0 Å². The van der Waals surface area contributed by atoms with E-state index < -0.39 is 17.5 Å². The van der Waals surface area contributed by atoms with Crippen LogP contribution in [0, 0.1) is 124 Å². The van der Waals surface area contributed by atoms with Crippen LogP contribution in [0.2, 0.25) is 0 Å². The number of nitrogens with zero attached hydrogens (tertiary/aromatic N) is 16. The largest absolute Gasteiger partial charge is 0.338 e. The number of imidazole rings is 5. The Labute approximate surface area is 907 Å². The molecule has 741 valence electrons. The number of hydrogen-bond donors (Lipinski definition) is 0. The van der Waals surface area contributed by atoms with Gasteiger partial charge in [-0.05, 0) is 120 Å². The van der Waals surface area contributed by atoms with Gasteiger partial charge in [0.25, 0.3) is 0 Å².